The number of nitrogens with one attached hydrogen (secondary N) is 1. The molecule has 5 rings (SSSR count). The van der Waals surface area contributed by atoms with Crippen molar-refractivity contribution in [1.29, 1.82) is 0 Å². The molecule has 3 aromatic rings. The lowest BCUT2D eigenvalue weighted by Crippen LogP contribution is -2.36. The Morgan fingerprint density at radius 1 is 0.971 bits per heavy atom. The van der Waals surface area contributed by atoms with Crippen molar-refractivity contribution in [3.05, 3.63) is 82.4 Å². The number of ether oxygens (including phenoxy) is 1. The summed E-state index contributed by atoms with van der Waals surface area (Å²) >= 11 is 6.53. The van der Waals surface area contributed by atoms with Gasteiger partial charge >= 0.3 is 6.18 Å². The molecular formula is C26H20ClF3N2O2. The third-order valence-corrected chi connectivity index (χ3v) is 6.28. The van der Waals surface area contributed by atoms with Gasteiger partial charge in [-0.15, -0.1) is 0 Å². The first-order valence-electron chi connectivity index (χ1n) is 10.8. The molecule has 8 heteroatoms. The summed E-state index contributed by atoms with van der Waals surface area (Å²) in [7, 11) is 0. The standard InChI is InChI=1S/C26H20ClF3N2O2/c27-23-15-24-21(14-20(23)17-4-6-19(7-5-17)32-8-10-34-11-9-32)22(25(33)31-24)13-16-2-1-3-18(12-16)26(28,29)30/h1-7,12-15H,8-11H2,(H,31,33)/b22-13-. The number of fused-ring (bicyclic) bond motifs is 1. The van der Waals surface area contributed by atoms with E-state index in [4.69, 9.17) is 16.3 Å². The Morgan fingerprint density at radius 3 is 2.41 bits per heavy atom. The van der Waals surface area contributed by atoms with Crippen LogP contribution in [0.15, 0.2) is 60.7 Å². The van der Waals surface area contributed by atoms with Crippen molar-refractivity contribution in [1.82, 2.24) is 0 Å². The quantitative estimate of drug-likeness (QED) is 0.440. The molecule has 0 aliphatic carbocycles. The second kappa shape index (κ2) is 8.81. The van der Waals surface area contributed by atoms with Gasteiger partial charge in [-0.2, -0.15) is 13.2 Å². The van der Waals surface area contributed by atoms with Crippen molar-refractivity contribution in [3.63, 3.8) is 0 Å². The normalized spacial score (nSPS) is 17.1. The zero-order chi connectivity index (χ0) is 23.9. The summed E-state index contributed by atoms with van der Waals surface area (Å²) in [6.45, 7) is 3.05. The van der Waals surface area contributed by atoms with Crippen molar-refractivity contribution in [3.8, 4) is 11.1 Å². The lowest BCUT2D eigenvalue weighted by Gasteiger charge is -2.29. The maximum Gasteiger partial charge on any atom is 0.416 e. The summed E-state index contributed by atoms with van der Waals surface area (Å²) < 4.78 is 44.7. The van der Waals surface area contributed by atoms with Crippen LogP contribution < -0.4 is 10.2 Å². The van der Waals surface area contributed by atoms with Crippen LogP contribution in [0.3, 0.4) is 0 Å². The third-order valence-electron chi connectivity index (χ3n) is 5.97. The Morgan fingerprint density at radius 2 is 1.71 bits per heavy atom. The van der Waals surface area contributed by atoms with Gasteiger partial charge in [0.25, 0.3) is 5.91 Å². The number of alkyl halides is 3. The molecule has 174 valence electrons. The minimum atomic E-state index is -4.46. The van der Waals surface area contributed by atoms with Crippen LogP contribution in [0.2, 0.25) is 5.02 Å². The fourth-order valence-electron chi connectivity index (χ4n) is 4.22. The van der Waals surface area contributed by atoms with E-state index in [1.165, 1.54) is 18.2 Å². The Bertz CT molecular complexity index is 1280. The average Bonchev–Trinajstić information content (AvgIpc) is 3.12. The molecule has 2 aliphatic rings. The molecule has 3 aromatic carbocycles. The number of carbonyl (C=O) groups is 1. The highest BCUT2D eigenvalue weighted by Crippen LogP contribution is 2.41. The maximum absolute atomic E-state index is 13.1. The average molecular weight is 485 g/mol. The van der Waals surface area contributed by atoms with Gasteiger partial charge in [0.15, 0.2) is 0 Å². The van der Waals surface area contributed by atoms with Crippen molar-refractivity contribution in [2.75, 3.05) is 36.5 Å². The Labute approximate surface area is 199 Å². The summed E-state index contributed by atoms with van der Waals surface area (Å²) in [5, 5.41) is 3.22. The molecule has 0 radical (unpaired) electrons. The van der Waals surface area contributed by atoms with E-state index >= 15 is 0 Å². The number of morpholine rings is 1. The van der Waals surface area contributed by atoms with Gasteiger partial charge in [0.2, 0.25) is 0 Å². The van der Waals surface area contributed by atoms with Crippen molar-refractivity contribution < 1.29 is 22.7 Å². The number of nitrogens with zero attached hydrogens (tertiary/aromatic N) is 1. The summed E-state index contributed by atoms with van der Waals surface area (Å²) in [6, 6.07) is 16.4. The van der Waals surface area contributed by atoms with Crippen LogP contribution in [0, 0.1) is 0 Å². The zero-order valence-electron chi connectivity index (χ0n) is 18.0. The molecule has 0 atom stereocenters. The second-order valence-corrected chi connectivity index (χ2v) is 8.57. The molecule has 2 heterocycles. The van der Waals surface area contributed by atoms with E-state index in [9.17, 15) is 18.0 Å². The van der Waals surface area contributed by atoms with E-state index in [0.29, 0.717) is 35.1 Å². The number of halogens is 4. The lowest BCUT2D eigenvalue weighted by molar-refractivity contribution is -0.137. The molecule has 0 spiro atoms. The highest BCUT2D eigenvalue weighted by atomic mass is 35.5. The molecule has 0 unspecified atom stereocenters. The molecule has 2 aliphatic heterocycles. The van der Waals surface area contributed by atoms with Gasteiger partial charge in [0, 0.05) is 35.5 Å². The minimum absolute atomic E-state index is 0.289. The summed E-state index contributed by atoms with van der Waals surface area (Å²) in [4.78, 5) is 14.9. The van der Waals surface area contributed by atoms with Gasteiger partial charge in [0.1, 0.15) is 0 Å². The maximum atomic E-state index is 13.1. The van der Waals surface area contributed by atoms with Crippen molar-refractivity contribution in [2.45, 2.75) is 6.18 Å². The predicted molar refractivity (Wildman–Crippen MR) is 128 cm³/mol. The van der Waals surface area contributed by atoms with Gasteiger partial charge in [-0.05, 0) is 53.6 Å². The smallest absolute Gasteiger partial charge is 0.378 e. The molecule has 1 N–H and O–H groups in total. The molecule has 1 fully saturated rings. The predicted octanol–water partition coefficient (Wildman–Crippen LogP) is 6.36. The van der Waals surface area contributed by atoms with E-state index in [2.05, 4.69) is 10.2 Å². The molecular weight excluding hydrogens is 465 g/mol. The van der Waals surface area contributed by atoms with Gasteiger partial charge in [0.05, 0.1) is 29.5 Å². The number of hydrogen-bond donors (Lipinski definition) is 1. The minimum Gasteiger partial charge on any atom is -0.378 e. The first-order chi connectivity index (χ1) is 16.3. The van der Waals surface area contributed by atoms with E-state index in [1.54, 1.807) is 12.1 Å². The Hall–Kier alpha value is -3.29. The Kier molecular flexibility index (Phi) is 5.83. The van der Waals surface area contributed by atoms with E-state index in [-0.39, 0.29) is 11.5 Å². The largest absolute Gasteiger partial charge is 0.416 e. The van der Waals surface area contributed by atoms with E-state index in [1.807, 2.05) is 24.3 Å². The fraction of sp³-hybridized carbons (Fsp3) is 0.192. The van der Waals surface area contributed by atoms with Crippen LogP contribution in [-0.4, -0.2) is 32.2 Å². The number of amides is 1. The highest BCUT2D eigenvalue weighted by molar-refractivity contribution is 6.38. The number of hydrogen-bond acceptors (Lipinski definition) is 3. The van der Waals surface area contributed by atoms with Gasteiger partial charge in [-0.3, -0.25) is 4.79 Å². The first kappa shape index (κ1) is 22.5. The number of rotatable bonds is 3. The van der Waals surface area contributed by atoms with Gasteiger partial charge in [-0.25, -0.2) is 0 Å². The summed E-state index contributed by atoms with van der Waals surface area (Å²) in [5.41, 5.74) is 3.64. The topological polar surface area (TPSA) is 41.6 Å². The van der Waals surface area contributed by atoms with Gasteiger partial charge in [-0.1, -0.05) is 35.9 Å². The van der Waals surface area contributed by atoms with Crippen LogP contribution in [0.1, 0.15) is 16.7 Å². The van der Waals surface area contributed by atoms with Gasteiger partial charge < -0.3 is 15.0 Å². The van der Waals surface area contributed by atoms with Crippen LogP contribution >= 0.6 is 11.6 Å². The zero-order valence-corrected chi connectivity index (χ0v) is 18.7. The molecule has 0 saturated carbocycles. The molecule has 4 nitrogen and oxygen atoms in total. The summed E-state index contributed by atoms with van der Waals surface area (Å²) in [6.07, 6.45) is -2.99. The number of carbonyl (C=O) groups excluding carboxylic acids is 1. The second-order valence-electron chi connectivity index (χ2n) is 8.16. The molecule has 1 saturated heterocycles. The first-order valence-corrected chi connectivity index (χ1v) is 11.1. The third kappa shape index (κ3) is 4.41. The van der Waals surface area contributed by atoms with Crippen molar-refractivity contribution in [2.24, 2.45) is 0 Å². The Balaban J connectivity index is 1.50. The van der Waals surface area contributed by atoms with Crippen molar-refractivity contribution >= 4 is 40.5 Å². The van der Waals surface area contributed by atoms with E-state index < -0.39 is 11.7 Å². The molecule has 0 bridgehead atoms. The summed E-state index contributed by atoms with van der Waals surface area (Å²) in [5.74, 6) is -0.386. The monoisotopic (exact) mass is 484 g/mol. The molecule has 1 amide bonds. The van der Waals surface area contributed by atoms with Crippen LogP contribution in [0.5, 0.6) is 0 Å². The van der Waals surface area contributed by atoms with Crippen LogP contribution in [-0.2, 0) is 15.7 Å². The highest BCUT2D eigenvalue weighted by Gasteiger charge is 2.31. The van der Waals surface area contributed by atoms with Crippen LogP contribution in [0.4, 0.5) is 24.5 Å². The van der Waals surface area contributed by atoms with E-state index in [0.717, 1.165) is 42.0 Å². The number of anilines is 2. The SMILES string of the molecule is O=C1Nc2cc(Cl)c(-c3ccc(N4CCOCC4)cc3)cc2/C1=C/c1cccc(C(F)(F)F)c1. The molecule has 34 heavy (non-hydrogen) atoms. The fourth-order valence-corrected chi connectivity index (χ4v) is 4.49. The van der Waals surface area contributed by atoms with Crippen LogP contribution in [0.25, 0.3) is 22.8 Å². The lowest BCUT2D eigenvalue weighted by atomic mass is 9.97. The molecule has 0 aromatic heterocycles. The number of benzene rings is 3.